The molecule has 82 valence electrons. The van der Waals surface area contributed by atoms with Crippen LogP contribution in [-0.2, 0) is 0 Å². The van der Waals surface area contributed by atoms with Gasteiger partial charge >= 0.3 is 5.97 Å². The van der Waals surface area contributed by atoms with Gasteiger partial charge < -0.3 is 9.63 Å². The van der Waals surface area contributed by atoms with Crippen molar-refractivity contribution < 1.29 is 19.3 Å². The number of hydrogen-bond acceptors (Lipinski definition) is 5. The Morgan fingerprint density at radius 2 is 2.25 bits per heavy atom. The molecule has 7 nitrogen and oxygen atoms in total. The molecule has 1 aromatic heterocycles. The minimum atomic E-state index is -1.23. The third kappa shape index (κ3) is 1.38. The highest BCUT2D eigenvalue weighted by atomic mass is 16.6. The van der Waals surface area contributed by atoms with Crippen LogP contribution in [0.3, 0.4) is 0 Å². The summed E-state index contributed by atoms with van der Waals surface area (Å²) in [6, 6.07) is 2.55. The number of aromatic nitrogens is 1. The Hall–Kier alpha value is -2.44. The zero-order valence-corrected chi connectivity index (χ0v) is 8.13. The van der Waals surface area contributed by atoms with Gasteiger partial charge in [-0.2, -0.15) is 0 Å². The summed E-state index contributed by atoms with van der Waals surface area (Å²) in [5.74, 6) is -1.23. The summed E-state index contributed by atoms with van der Waals surface area (Å²) in [5, 5.41) is 23.0. The molecule has 2 aromatic rings. The highest BCUT2D eigenvalue weighted by Crippen LogP contribution is 2.27. The lowest BCUT2D eigenvalue weighted by Crippen LogP contribution is -1.97. The number of fused-ring (bicyclic) bond motifs is 1. The number of carboxylic acid groups (broad SMARTS) is 1. The monoisotopic (exact) mass is 222 g/mol. The van der Waals surface area contributed by atoms with Gasteiger partial charge in [-0.3, -0.25) is 10.1 Å². The highest BCUT2D eigenvalue weighted by Gasteiger charge is 2.20. The topological polar surface area (TPSA) is 106 Å². The summed E-state index contributed by atoms with van der Waals surface area (Å²) in [6.45, 7) is 1.52. The van der Waals surface area contributed by atoms with E-state index in [0.29, 0.717) is 5.56 Å². The molecule has 2 rings (SSSR count). The molecule has 1 heterocycles. The lowest BCUT2D eigenvalue weighted by atomic mass is 10.1. The van der Waals surface area contributed by atoms with Crippen LogP contribution in [0.5, 0.6) is 0 Å². The third-order valence-electron chi connectivity index (χ3n) is 2.19. The second kappa shape index (κ2) is 3.30. The molecule has 1 N–H and O–H groups in total. The van der Waals surface area contributed by atoms with Crippen LogP contribution in [0, 0.1) is 17.0 Å². The van der Waals surface area contributed by atoms with Gasteiger partial charge in [0, 0.05) is 5.56 Å². The van der Waals surface area contributed by atoms with E-state index >= 15 is 0 Å². The smallest absolute Gasteiger partial charge is 0.358 e. The van der Waals surface area contributed by atoms with E-state index in [1.807, 2.05) is 0 Å². The number of aryl methyl sites for hydroxylation is 1. The van der Waals surface area contributed by atoms with Crippen LogP contribution >= 0.6 is 0 Å². The number of carboxylic acids is 1. The van der Waals surface area contributed by atoms with Gasteiger partial charge in [0.1, 0.15) is 0 Å². The van der Waals surface area contributed by atoms with E-state index in [-0.39, 0.29) is 22.4 Å². The number of rotatable bonds is 2. The fourth-order valence-electron chi connectivity index (χ4n) is 1.43. The fraction of sp³-hybridized carbons (Fsp3) is 0.111. The first kappa shape index (κ1) is 10.1. The minimum Gasteiger partial charge on any atom is -0.476 e. The number of nitro groups is 1. The van der Waals surface area contributed by atoms with Crippen LogP contribution in [0.25, 0.3) is 11.0 Å². The molecular weight excluding hydrogens is 216 g/mol. The van der Waals surface area contributed by atoms with Crippen LogP contribution in [0.2, 0.25) is 0 Å². The zero-order valence-electron chi connectivity index (χ0n) is 8.13. The van der Waals surface area contributed by atoms with Gasteiger partial charge in [0.15, 0.2) is 11.3 Å². The molecule has 0 aliphatic heterocycles. The minimum absolute atomic E-state index is 0.0923. The molecule has 0 atom stereocenters. The van der Waals surface area contributed by atoms with Crippen LogP contribution in [0.1, 0.15) is 16.1 Å². The van der Waals surface area contributed by atoms with Gasteiger partial charge in [0.25, 0.3) is 5.69 Å². The molecule has 0 saturated heterocycles. The molecule has 0 unspecified atom stereocenters. The second-order valence-corrected chi connectivity index (χ2v) is 3.23. The first-order valence-corrected chi connectivity index (χ1v) is 4.28. The molecule has 0 bridgehead atoms. The fourth-order valence-corrected chi connectivity index (χ4v) is 1.43. The van der Waals surface area contributed by atoms with Gasteiger partial charge in [0.2, 0.25) is 0 Å². The summed E-state index contributed by atoms with van der Waals surface area (Å²) in [7, 11) is 0. The van der Waals surface area contributed by atoms with Crippen LogP contribution in [-0.4, -0.2) is 21.2 Å². The van der Waals surface area contributed by atoms with Gasteiger partial charge in [-0.25, -0.2) is 4.79 Å². The Kier molecular flexibility index (Phi) is 2.08. The Morgan fingerprint density at radius 3 is 2.81 bits per heavy atom. The van der Waals surface area contributed by atoms with E-state index < -0.39 is 10.9 Å². The summed E-state index contributed by atoms with van der Waals surface area (Å²) < 4.78 is 4.72. The number of benzene rings is 1. The molecule has 0 amide bonds. The molecule has 0 aliphatic carbocycles. The van der Waals surface area contributed by atoms with E-state index in [0.717, 1.165) is 0 Å². The van der Waals surface area contributed by atoms with E-state index in [4.69, 9.17) is 9.63 Å². The van der Waals surface area contributed by atoms with Crippen LogP contribution in [0.15, 0.2) is 16.7 Å². The lowest BCUT2D eigenvalue weighted by molar-refractivity contribution is -0.385. The predicted octanol–water partition coefficient (Wildman–Crippen LogP) is 1.74. The van der Waals surface area contributed by atoms with Crippen LogP contribution < -0.4 is 0 Å². The summed E-state index contributed by atoms with van der Waals surface area (Å²) in [5.41, 5.74) is 0.0893. The average molecular weight is 222 g/mol. The van der Waals surface area contributed by atoms with Crippen molar-refractivity contribution in [2.75, 3.05) is 0 Å². The Balaban J connectivity index is 2.76. The molecule has 0 aliphatic rings. The summed E-state index contributed by atoms with van der Waals surface area (Å²) in [6.07, 6.45) is 0. The van der Waals surface area contributed by atoms with E-state index in [2.05, 4.69) is 5.16 Å². The van der Waals surface area contributed by atoms with E-state index in [1.165, 1.54) is 19.1 Å². The standard InChI is InChI=1S/C9H6N2O5/c1-4-2-5-7(3-6(4)11(14)15)16-10-8(5)9(12)13/h2-3H,1H3,(H,12,13). The van der Waals surface area contributed by atoms with Crippen molar-refractivity contribution in [2.45, 2.75) is 6.92 Å². The lowest BCUT2D eigenvalue weighted by Gasteiger charge is -1.95. The van der Waals surface area contributed by atoms with Crippen molar-refractivity contribution in [1.82, 2.24) is 5.16 Å². The van der Waals surface area contributed by atoms with Gasteiger partial charge in [-0.15, -0.1) is 0 Å². The Labute approximate surface area is 88.4 Å². The third-order valence-corrected chi connectivity index (χ3v) is 2.19. The van der Waals surface area contributed by atoms with Gasteiger partial charge in [-0.05, 0) is 13.0 Å². The predicted molar refractivity (Wildman–Crippen MR) is 52.4 cm³/mol. The first-order chi connectivity index (χ1) is 7.50. The van der Waals surface area contributed by atoms with Gasteiger partial charge in [-0.1, -0.05) is 5.16 Å². The normalized spacial score (nSPS) is 10.6. The first-order valence-electron chi connectivity index (χ1n) is 4.28. The number of nitro benzene ring substituents is 1. The maximum atomic E-state index is 10.7. The molecule has 7 heteroatoms. The van der Waals surface area contributed by atoms with Crippen molar-refractivity contribution >= 4 is 22.6 Å². The average Bonchev–Trinajstić information content (AvgIpc) is 2.58. The van der Waals surface area contributed by atoms with Crippen molar-refractivity contribution in [3.63, 3.8) is 0 Å². The van der Waals surface area contributed by atoms with E-state index in [9.17, 15) is 14.9 Å². The maximum Gasteiger partial charge on any atom is 0.358 e. The number of aromatic carboxylic acids is 1. The van der Waals surface area contributed by atoms with Crippen molar-refractivity contribution in [3.8, 4) is 0 Å². The Bertz CT molecular complexity index is 601. The number of nitrogens with zero attached hydrogens (tertiary/aromatic N) is 2. The summed E-state index contributed by atoms with van der Waals surface area (Å²) >= 11 is 0. The molecule has 1 aromatic carbocycles. The Morgan fingerprint density at radius 1 is 1.56 bits per heavy atom. The van der Waals surface area contributed by atoms with Crippen molar-refractivity contribution in [3.05, 3.63) is 33.5 Å². The molecule has 0 radical (unpaired) electrons. The molecular formula is C9H6N2O5. The number of carbonyl (C=O) groups is 1. The van der Waals surface area contributed by atoms with Crippen molar-refractivity contribution in [1.29, 1.82) is 0 Å². The summed E-state index contributed by atoms with van der Waals surface area (Å²) in [4.78, 5) is 20.8. The zero-order chi connectivity index (χ0) is 11.9. The van der Waals surface area contributed by atoms with Gasteiger partial charge in [0.05, 0.1) is 16.4 Å². The highest BCUT2D eigenvalue weighted by molar-refractivity contribution is 6.00. The molecule has 0 saturated carbocycles. The van der Waals surface area contributed by atoms with Crippen molar-refractivity contribution in [2.24, 2.45) is 0 Å². The number of hydrogen-bond donors (Lipinski definition) is 1. The van der Waals surface area contributed by atoms with Crippen LogP contribution in [0.4, 0.5) is 5.69 Å². The molecule has 0 fully saturated rings. The molecule has 16 heavy (non-hydrogen) atoms. The molecule has 0 spiro atoms. The largest absolute Gasteiger partial charge is 0.476 e. The maximum absolute atomic E-state index is 10.7. The SMILES string of the molecule is Cc1cc2c(C(=O)O)noc2cc1[N+](=O)[O-]. The quantitative estimate of drug-likeness (QED) is 0.612. The van der Waals surface area contributed by atoms with E-state index in [1.54, 1.807) is 0 Å². The second-order valence-electron chi connectivity index (χ2n) is 3.23.